The molecular formula is C20H23N3O3. The minimum Gasteiger partial charge on any atom is -0.490 e. The SMILES string of the molecule is CCOc1cccn2c(C(=O)N[C@H](CCO)c3ccccc3)c(C)nc12. The Labute approximate surface area is 152 Å². The molecule has 136 valence electrons. The van der Waals surface area contributed by atoms with Crippen LogP contribution in [-0.4, -0.2) is 33.6 Å². The molecule has 0 bridgehead atoms. The third kappa shape index (κ3) is 3.55. The number of ether oxygens (including phenoxy) is 1. The van der Waals surface area contributed by atoms with Crippen molar-refractivity contribution in [2.45, 2.75) is 26.3 Å². The fraction of sp³-hybridized carbons (Fsp3) is 0.300. The molecule has 6 heteroatoms. The number of imidazole rings is 1. The Kier molecular flexibility index (Phi) is 5.53. The van der Waals surface area contributed by atoms with Gasteiger partial charge in [0, 0.05) is 12.8 Å². The number of aliphatic hydroxyl groups is 1. The molecule has 0 aliphatic rings. The normalized spacial score (nSPS) is 12.1. The van der Waals surface area contributed by atoms with E-state index in [1.165, 1.54) is 0 Å². The number of carbonyl (C=O) groups is 1. The van der Waals surface area contributed by atoms with Crippen LogP contribution in [0, 0.1) is 6.92 Å². The third-order valence-corrected chi connectivity index (χ3v) is 4.23. The van der Waals surface area contributed by atoms with Crippen LogP contribution in [0.5, 0.6) is 5.75 Å². The summed E-state index contributed by atoms with van der Waals surface area (Å²) in [5, 5.41) is 12.4. The van der Waals surface area contributed by atoms with Crippen molar-refractivity contribution in [1.29, 1.82) is 0 Å². The fourth-order valence-electron chi connectivity index (χ4n) is 3.06. The third-order valence-electron chi connectivity index (χ3n) is 4.23. The second-order valence-corrected chi connectivity index (χ2v) is 5.99. The summed E-state index contributed by atoms with van der Waals surface area (Å²) in [6.45, 7) is 4.23. The van der Waals surface area contributed by atoms with E-state index in [0.717, 1.165) is 5.56 Å². The van der Waals surface area contributed by atoms with Gasteiger partial charge in [0.25, 0.3) is 5.91 Å². The van der Waals surface area contributed by atoms with E-state index < -0.39 is 0 Å². The summed E-state index contributed by atoms with van der Waals surface area (Å²) in [5.41, 5.74) is 2.68. The van der Waals surface area contributed by atoms with Crippen LogP contribution in [0.1, 0.15) is 41.1 Å². The summed E-state index contributed by atoms with van der Waals surface area (Å²) in [7, 11) is 0. The molecule has 1 aromatic carbocycles. The Morgan fingerprint density at radius 3 is 2.73 bits per heavy atom. The maximum absolute atomic E-state index is 13.0. The Morgan fingerprint density at radius 2 is 2.04 bits per heavy atom. The van der Waals surface area contributed by atoms with Gasteiger partial charge in [-0.3, -0.25) is 9.20 Å². The number of hydrogen-bond acceptors (Lipinski definition) is 4. The van der Waals surface area contributed by atoms with Crippen LogP contribution in [0.2, 0.25) is 0 Å². The first kappa shape index (κ1) is 17.9. The first-order valence-corrected chi connectivity index (χ1v) is 8.72. The van der Waals surface area contributed by atoms with Gasteiger partial charge in [-0.1, -0.05) is 30.3 Å². The van der Waals surface area contributed by atoms with Crippen LogP contribution in [0.15, 0.2) is 48.7 Å². The molecule has 2 aromatic heterocycles. The van der Waals surface area contributed by atoms with Gasteiger partial charge in [0.2, 0.25) is 0 Å². The standard InChI is InChI=1S/C20H23N3O3/c1-3-26-17-10-7-12-23-18(14(2)21-19(17)23)20(25)22-16(11-13-24)15-8-5-4-6-9-15/h4-10,12,16,24H,3,11,13H2,1-2H3,(H,22,25)/t16-/m1/s1. The highest BCUT2D eigenvalue weighted by Crippen LogP contribution is 2.23. The lowest BCUT2D eigenvalue weighted by Gasteiger charge is -2.18. The zero-order chi connectivity index (χ0) is 18.5. The van der Waals surface area contributed by atoms with Gasteiger partial charge < -0.3 is 15.2 Å². The Hall–Kier alpha value is -2.86. The molecule has 0 unspecified atom stereocenters. The molecule has 2 heterocycles. The molecule has 1 atom stereocenters. The van der Waals surface area contributed by atoms with Gasteiger partial charge in [-0.25, -0.2) is 4.98 Å². The van der Waals surface area contributed by atoms with E-state index in [-0.39, 0.29) is 18.6 Å². The molecule has 0 aliphatic heterocycles. The number of nitrogens with zero attached hydrogens (tertiary/aromatic N) is 2. The van der Waals surface area contributed by atoms with Crippen molar-refractivity contribution in [3.05, 3.63) is 65.6 Å². The topological polar surface area (TPSA) is 75.9 Å². The highest BCUT2D eigenvalue weighted by Gasteiger charge is 2.22. The number of rotatable bonds is 7. The Morgan fingerprint density at radius 1 is 1.27 bits per heavy atom. The molecule has 0 saturated carbocycles. The van der Waals surface area contributed by atoms with Gasteiger partial charge in [0.1, 0.15) is 5.69 Å². The van der Waals surface area contributed by atoms with Crippen molar-refractivity contribution in [3.63, 3.8) is 0 Å². The number of aliphatic hydroxyl groups excluding tert-OH is 1. The van der Waals surface area contributed by atoms with Gasteiger partial charge in [-0.15, -0.1) is 0 Å². The lowest BCUT2D eigenvalue weighted by atomic mass is 10.0. The molecule has 2 N–H and O–H groups in total. The van der Waals surface area contributed by atoms with Gasteiger partial charge in [0.15, 0.2) is 11.4 Å². The Bertz CT molecular complexity index is 890. The second-order valence-electron chi connectivity index (χ2n) is 5.99. The average molecular weight is 353 g/mol. The Balaban J connectivity index is 1.94. The van der Waals surface area contributed by atoms with Crippen LogP contribution < -0.4 is 10.1 Å². The molecule has 0 saturated heterocycles. The summed E-state index contributed by atoms with van der Waals surface area (Å²) < 4.78 is 7.35. The molecule has 3 rings (SSSR count). The highest BCUT2D eigenvalue weighted by molar-refractivity contribution is 5.95. The minimum absolute atomic E-state index is 0.0134. The van der Waals surface area contributed by atoms with E-state index in [4.69, 9.17) is 4.74 Å². The van der Waals surface area contributed by atoms with Crippen LogP contribution in [0.25, 0.3) is 5.65 Å². The van der Waals surface area contributed by atoms with Crippen molar-refractivity contribution in [2.75, 3.05) is 13.2 Å². The van der Waals surface area contributed by atoms with Gasteiger partial charge in [-0.05, 0) is 38.0 Å². The minimum atomic E-state index is -0.270. The van der Waals surface area contributed by atoms with Crippen LogP contribution in [0.4, 0.5) is 0 Å². The van der Waals surface area contributed by atoms with E-state index in [1.807, 2.05) is 49.4 Å². The van der Waals surface area contributed by atoms with Gasteiger partial charge in [-0.2, -0.15) is 0 Å². The number of carbonyl (C=O) groups excluding carboxylic acids is 1. The number of fused-ring (bicyclic) bond motifs is 1. The molecule has 0 radical (unpaired) electrons. The van der Waals surface area contributed by atoms with E-state index in [0.29, 0.717) is 35.8 Å². The summed E-state index contributed by atoms with van der Waals surface area (Å²) in [5.74, 6) is 0.415. The first-order valence-electron chi connectivity index (χ1n) is 8.72. The molecule has 0 spiro atoms. The summed E-state index contributed by atoms with van der Waals surface area (Å²) >= 11 is 0. The zero-order valence-electron chi connectivity index (χ0n) is 15.0. The lowest BCUT2D eigenvalue weighted by molar-refractivity contribution is 0.0923. The average Bonchev–Trinajstić information content (AvgIpc) is 2.99. The fourth-order valence-corrected chi connectivity index (χ4v) is 3.06. The predicted molar refractivity (Wildman–Crippen MR) is 99.5 cm³/mol. The second kappa shape index (κ2) is 8.01. The molecule has 1 amide bonds. The van der Waals surface area contributed by atoms with Crippen molar-refractivity contribution >= 4 is 11.6 Å². The highest BCUT2D eigenvalue weighted by atomic mass is 16.5. The maximum atomic E-state index is 13.0. The number of pyridine rings is 1. The van der Waals surface area contributed by atoms with E-state index >= 15 is 0 Å². The van der Waals surface area contributed by atoms with Crippen LogP contribution in [0.3, 0.4) is 0 Å². The maximum Gasteiger partial charge on any atom is 0.270 e. The first-order chi connectivity index (χ1) is 12.7. The predicted octanol–water partition coefficient (Wildman–Crippen LogP) is 2.89. The largest absolute Gasteiger partial charge is 0.490 e. The van der Waals surface area contributed by atoms with E-state index in [1.54, 1.807) is 17.5 Å². The smallest absolute Gasteiger partial charge is 0.270 e. The number of amides is 1. The van der Waals surface area contributed by atoms with Gasteiger partial charge >= 0.3 is 0 Å². The number of nitrogens with one attached hydrogen (secondary N) is 1. The number of hydrogen-bond donors (Lipinski definition) is 2. The summed E-state index contributed by atoms with van der Waals surface area (Å²) in [6.07, 6.45) is 2.24. The van der Waals surface area contributed by atoms with Crippen LogP contribution in [-0.2, 0) is 0 Å². The molecule has 26 heavy (non-hydrogen) atoms. The monoisotopic (exact) mass is 353 g/mol. The molecule has 3 aromatic rings. The van der Waals surface area contributed by atoms with Crippen molar-refractivity contribution in [3.8, 4) is 5.75 Å². The quantitative estimate of drug-likeness (QED) is 0.685. The summed E-state index contributed by atoms with van der Waals surface area (Å²) in [6, 6.07) is 13.0. The summed E-state index contributed by atoms with van der Waals surface area (Å²) in [4.78, 5) is 17.5. The number of aryl methyl sites for hydroxylation is 1. The van der Waals surface area contributed by atoms with E-state index in [2.05, 4.69) is 10.3 Å². The molecule has 0 fully saturated rings. The van der Waals surface area contributed by atoms with Crippen molar-refractivity contribution < 1.29 is 14.6 Å². The van der Waals surface area contributed by atoms with Gasteiger partial charge in [0.05, 0.1) is 18.3 Å². The molecule has 0 aliphatic carbocycles. The number of aromatic nitrogens is 2. The molecule has 6 nitrogen and oxygen atoms in total. The van der Waals surface area contributed by atoms with Crippen molar-refractivity contribution in [1.82, 2.24) is 14.7 Å². The van der Waals surface area contributed by atoms with Crippen LogP contribution >= 0.6 is 0 Å². The van der Waals surface area contributed by atoms with E-state index in [9.17, 15) is 9.90 Å². The number of benzene rings is 1. The zero-order valence-corrected chi connectivity index (χ0v) is 15.0. The molecular weight excluding hydrogens is 330 g/mol. The lowest BCUT2D eigenvalue weighted by Crippen LogP contribution is -2.30. The van der Waals surface area contributed by atoms with Crippen molar-refractivity contribution in [2.24, 2.45) is 0 Å².